The third kappa shape index (κ3) is 3.51. The normalized spacial score (nSPS) is 11.8. The number of carbonyl (C=O) groups is 2. The number of hydrazine groups is 1. The van der Waals surface area contributed by atoms with E-state index in [0.29, 0.717) is 16.8 Å². The number of nitrogens with one attached hydrogen (secondary N) is 3. The Morgan fingerprint density at radius 2 is 1.88 bits per heavy atom. The van der Waals surface area contributed by atoms with Gasteiger partial charge in [-0.1, -0.05) is 24.3 Å². The summed E-state index contributed by atoms with van der Waals surface area (Å²) in [7, 11) is 0. The first-order chi connectivity index (χ1) is 12.5. The standard InChI is InChI=1S/C19H20N4O3/c1-11-6-4-9-16(12(11)2)26-13(3)18(24)22-23-19(25)15-8-5-7-14-10-20-21-17(14)15/h4-10,13H,1-3H3,(H,20,21)(H,22,24)(H,23,25). The molecule has 1 heterocycles. The second-order valence-electron chi connectivity index (χ2n) is 6.04. The van der Waals surface area contributed by atoms with Gasteiger partial charge in [0, 0.05) is 5.39 Å². The smallest absolute Gasteiger partial charge is 0.279 e. The Bertz CT molecular complexity index is 964. The van der Waals surface area contributed by atoms with Gasteiger partial charge < -0.3 is 4.74 Å². The fraction of sp³-hybridized carbons (Fsp3) is 0.211. The van der Waals surface area contributed by atoms with E-state index in [1.807, 2.05) is 38.1 Å². The topological polar surface area (TPSA) is 96.1 Å². The maximum Gasteiger partial charge on any atom is 0.279 e. The van der Waals surface area contributed by atoms with Crippen molar-refractivity contribution in [1.29, 1.82) is 0 Å². The number of benzene rings is 2. The van der Waals surface area contributed by atoms with Gasteiger partial charge in [0.25, 0.3) is 11.8 Å². The Balaban J connectivity index is 1.62. The number of fused-ring (bicyclic) bond motifs is 1. The van der Waals surface area contributed by atoms with Crippen LogP contribution in [0.3, 0.4) is 0 Å². The van der Waals surface area contributed by atoms with E-state index in [1.165, 1.54) is 0 Å². The predicted molar refractivity (Wildman–Crippen MR) is 97.7 cm³/mol. The average molecular weight is 352 g/mol. The summed E-state index contributed by atoms with van der Waals surface area (Å²) in [5.41, 5.74) is 7.86. The summed E-state index contributed by atoms with van der Waals surface area (Å²) in [4.78, 5) is 24.5. The molecule has 0 bridgehead atoms. The van der Waals surface area contributed by atoms with Crippen LogP contribution in [0.4, 0.5) is 0 Å². The minimum Gasteiger partial charge on any atom is -0.481 e. The molecular formula is C19H20N4O3. The quantitative estimate of drug-likeness (QED) is 0.628. The fourth-order valence-electron chi connectivity index (χ4n) is 2.54. The molecule has 0 saturated heterocycles. The number of aryl methyl sites for hydroxylation is 1. The molecule has 134 valence electrons. The molecule has 0 fully saturated rings. The number of hydrogen-bond donors (Lipinski definition) is 3. The highest BCUT2D eigenvalue weighted by Gasteiger charge is 2.18. The van der Waals surface area contributed by atoms with Gasteiger partial charge in [-0.2, -0.15) is 5.10 Å². The average Bonchev–Trinajstić information content (AvgIpc) is 3.11. The van der Waals surface area contributed by atoms with E-state index in [-0.39, 0.29) is 0 Å². The summed E-state index contributed by atoms with van der Waals surface area (Å²) >= 11 is 0. The van der Waals surface area contributed by atoms with Crippen LogP contribution in [-0.2, 0) is 4.79 Å². The largest absolute Gasteiger partial charge is 0.481 e. The Hall–Kier alpha value is -3.35. The molecule has 0 radical (unpaired) electrons. The van der Waals surface area contributed by atoms with Crippen molar-refractivity contribution in [2.75, 3.05) is 0 Å². The van der Waals surface area contributed by atoms with E-state index < -0.39 is 17.9 Å². The molecule has 0 aliphatic rings. The lowest BCUT2D eigenvalue weighted by atomic mass is 10.1. The first-order valence-corrected chi connectivity index (χ1v) is 8.22. The predicted octanol–water partition coefficient (Wildman–Crippen LogP) is 2.41. The van der Waals surface area contributed by atoms with Crippen molar-refractivity contribution in [3.05, 3.63) is 59.3 Å². The maximum atomic E-state index is 12.3. The lowest BCUT2D eigenvalue weighted by Crippen LogP contribution is -2.47. The second-order valence-corrected chi connectivity index (χ2v) is 6.04. The zero-order valence-corrected chi connectivity index (χ0v) is 14.8. The third-order valence-corrected chi connectivity index (χ3v) is 4.25. The van der Waals surface area contributed by atoms with Gasteiger partial charge in [-0.25, -0.2) is 0 Å². The van der Waals surface area contributed by atoms with E-state index in [9.17, 15) is 9.59 Å². The van der Waals surface area contributed by atoms with Crippen LogP contribution in [-0.4, -0.2) is 28.1 Å². The molecule has 0 aliphatic carbocycles. The van der Waals surface area contributed by atoms with Gasteiger partial charge in [0.1, 0.15) is 5.75 Å². The molecular weight excluding hydrogens is 332 g/mol. The molecule has 3 aromatic rings. The van der Waals surface area contributed by atoms with Gasteiger partial charge in [-0.15, -0.1) is 0 Å². The van der Waals surface area contributed by atoms with E-state index in [2.05, 4.69) is 21.0 Å². The Kier molecular flexibility index (Phi) is 4.88. The van der Waals surface area contributed by atoms with Gasteiger partial charge in [0.05, 0.1) is 17.3 Å². The van der Waals surface area contributed by atoms with Crippen LogP contribution in [0.5, 0.6) is 5.75 Å². The van der Waals surface area contributed by atoms with Crippen LogP contribution < -0.4 is 15.6 Å². The molecule has 0 aliphatic heterocycles. The van der Waals surface area contributed by atoms with Crippen LogP contribution >= 0.6 is 0 Å². The summed E-state index contributed by atoms with van der Waals surface area (Å²) in [5.74, 6) is -0.246. The second kappa shape index (κ2) is 7.26. The van der Waals surface area contributed by atoms with Gasteiger partial charge in [-0.05, 0) is 44.0 Å². The van der Waals surface area contributed by atoms with Crippen molar-refractivity contribution in [3.63, 3.8) is 0 Å². The molecule has 1 aromatic heterocycles. The summed E-state index contributed by atoms with van der Waals surface area (Å²) < 4.78 is 5.70. The van der Waals surface area contributed by atoms with E-state index in [1.54, 1.807) is 25.3 Å². The zero-order chi connectivity index (χ0) is 18.7. The molecule has 1 atom stereocenters. The summed E-state index contributed by atoms with van der Waals surface area (Å²) in [6.07, 6.45) is 0.865. The minimum absolute atomic E-state index is 0.392. The molecule has 3 N–H and O–H groups in total. The number of ether oxygens (including phenoxy) is 1. The van der Waals surface area contributed by atoms with Crippen molar-refractivity contribution >= 4 is 22.7 Å². The SMILES string of the molecule is Cc1cccc(OC(C)C(=O)NNC(=O)c2cccc3cn[nH]c23)c1C. The van der Waals surface area contributed by atoms with Crippen molar-refractivity contribution < 1.29 is 14.3 Å². The van der Waals surface area contributed by atoms with Crippen LogP contribution in [0, 0.1) is 13.8 Å². The number of aromatic nitrogens is 2. The number of carbonyl (C=O) groups excluding carboxylic acids is 2. The highest BCUT2D eigenvalue weighted by molar-refractivity contribution is 6.05. The van der Waals surface area contributed by atoms with Crippen LogP contribution in [0.2, 0.25) is 0 Å². The summed E-state index contributed by atoms with van der Waals surface area (Å²) in [6.45, 7) is 5.53. The van der Waals surface area contributed by atoms with Crippen molar-refractivity contribution in [2.24, 2.45) is 0 Å². The number of H-pyrrole nitrogens is 1. The first-order valence-electron chi connectivity index (χ1n) is 8.22. The Morgan fingerprint density at radius 3 is 2.69 bits per heavy atom. The van der Waals surface area contributed by atoms with E-state index in [4.69, 9.17) is 4.74 Å². The lowest BCUT2D eigenvalue weighted by molar-refractivity contribution is -0.128. The molecule has 2 amide bonds. The fourth-order valence-corrected chi connectivity index (χ4v) is 2.54. The summed E-state index contributed by atoms with van der Waals surface area (Å²) in [5, 5.41) is 7.51. The van der Waals surface area contributed by atoms with Gasteiger partial charge >= 0.3 is 0 Å². The van der Waals surface area contributed by atoms with Crippen molar-refractivity contribution in [1.82, 2.24) is 21.0 Å². The number of nitrogens with zero attached hydrogens (tertiary/aromatic N) is 1. The third-order valence-electron chi connectivity index (χ3n) is 4.25. The van der Waals surface area contributed by atoms with E-state index in [0.717, 1.165) is 16.5 Å². The zero-order valence-electron chi connectivity index (χ0n) is 14.8. The lowest BCUT2D eigenvalue weighted by Gasteiger charge is -2.17. The number of amides is 2. The molecule has 0 saturated carbocycles. The molecule has 2 aromatic carbocycles. The highest BCUT2D eigenvalue weighted by atomic mass is 16.5. The molecule has 0 spiro atoms. The molecule has 7 nitrogen and oxygen atoms in total. The monoisotopic (exact) mass is 352 g/mol. The van der Waals surface area contributed by atoms with Crippen molar-refractivity contribution in [3.8, 4) is 5.75 Å². The summed E-state index contributed by atoms with van der Waals surface area (Å²) in [6, 6.07) is 10.9. The molecule has 26 heavy (non-hydrogen) atoms. The molecule has 1 unspecified atom stereocenters. The van der Waals surface area contributed by atoms with Gasteiger partial charge in [-0.3, -0.25) is 25.5 Å². The number of rotatable bonds is 4. The Morgan fingerprint density at radius 1 is 1.12 bits per heavy atom. The van der Waals surface area contributed by atoms with Crippen LogP contribution in [0.25, 0.3) is 10.9 Å². The van der Waals surface area contributed by atoms with Crippen molar-refractivity contribution in [2.45, 2.75) is 26.9 Å². The van der Waals surface area contributed by atoms with Crippen LogP contribution in [0.15, 0.2) is 42.6 Å². The van der Waals surface area contributed by atoms with Gasteiger partial charge in [0.15, 0.2) is 6.10 Å². The first kappa shape index (κ1) is 17.5. The number of aromatic amines is 1. The highest BCUT2D eigenvalue weighted by Crippen LogP contribution is 2.21. The minimum atomic E-state index is -0.765. The van der Waals surface area contributed by atoms with Gasteiger partial charge in [0.2, 0.25) is 0 Å². The van der Waals surface area contributed by atoms with Crippen LogP contribution in [0.1, 0.15) is 28.4 Å². The number of para-hydroxylation sites is 1. The Labute approximate surface area is 150 Å². The maximum absolute atomic E-state index is 12.3. The molecule has 7 heteroatoms. The number of hydrogen-bond acceptors (Lipinski definition) is 4. The molecule has 3 rings (SSSR count). The van der Waals surface area contributed by atoms with E-state index >= 15 is 0 Å².